The number of aromatic nitrogens is 1. The van der Waals surface area contributed by atoms with Crippen LogP contribution in [0.15, 0.2) is 67.0 Å². The summed E-state index contributed by atoms with van der Waals surface area (Å²) in [5.41, 5.74) is 4.43. The highest BCUT2D eigenvalue weighted by atomic mass is 16.5. The summed E-state index contributed by atoms with van der Waals surface area (Å²) >= 11 is 0. The van der Waals surface area contributed by atoms with E-state index in [1.54, 1.807) is 30.5 Å². The Balaban J connectivity index is 1.67. The molecule has 0 saturated carbocycles. The first-order valence-electron chi connectivity index (χ1n) is 8.79. The Bertz CT molecular complexity index is 984. The van der Waals surface area contributed by atoms with Gasteiger partial charge in [-0.1, -0.05) is 35.9 Å². The number of aryl methyl sites for hydroxylation is 1. The zero-order chi connectivity index (χ0) is 19.9. The van der Waals surface area contributed by atoms with Crippen LogP contribution in [-0.2, 0) is 11.3 Å². The lowest BCUT2D eigenvalue weighted by Crippen LogP contribution is -2.23. The molecule has 2 aromatic carbocycles. The van der Waals surface area contributed by atoms with Crippen molar-refractivity contribution in [1.29, 1.82) is 0 Å². The number of ether oxygens (including phenoxy) is 1. The normalized spacial score (nSPS) is 10.2. The third kappa shape index (κ3) is 4.94. The molecule has 0 aliphatic heterocycles. The first kappa shape index (κ1) is 19.1. The van der Waals surface area contributed by atoms with Gasteiger partial charge in [0.2, 0.25) is 0 Å². The number of carbonyl (C=O) groups is 2. The third-order valence-corrected chi connectivity index (χ3v) is 4.15. The van der Waals surface area contributed by atoms with Crippen LogP contribution in [-0.4, -0.2) is 24.0 Å². The van der Waals surface area contributed by atoms with Gasteiger partial charge in [-0.25, -0.2) is 4.79 Å². The van der Waals surface area contributed by atoms with Crippen LogP contribution in [0.25, 0.3) is 0 Å². The fourth-order valence-electron chi connectivity index (χ4n) is 2.63. The van der Waals surface area contributed by atoms with Gasteiger partial charge in [0.1, 0.15) is 0 Å². The molecule has 0 unspecified atom stereocenters. The van der Waals surface area contributed by atoms with E-state index in [0.29, 0.717) is 29.0 Å². The van der Waals surface area contributed by atoms with E-state index in [-0.39, 0.29) is 5.91 Å². The second kappa shape index (κ2) is 8.81. The fraction of sp³-hybridized carbons (Fsp3) is 0.136. The molecule has 0 aliphatic carbocycles. The molecule has 3 aromatic rings. The van der Waals surface area contributed by atoms with Crippen molar-refractivity contribution in [2.45, 2.75) is 13.5 Å². The minimum Gasteiger partial charge on any atom is -0.465 e. The number of nitrogens with zero attached hydrogens (tertiary/aromatic N) is 1. The number of amides is 1. The number of hydrogen-bond donors (Lipinski definition) is 2. The number of pyridine rings is 1. The van der Waals surface area contributed by atoms with Gasteiger partial charge in [0.15, 0.2) is 0 Å². The number of nitrogens with one attached hydrogen (secondary N) is 2. The van der Waals surface area contributed by atoms with Crippen molar-refractivity contribution in [3.8, 4) is 0 Å². The maximum atomic E-state index is 12.4. The molecule has 0 spiro atoms. The molecule has 6 nitrogen and oxygen atoms in total. The van der Waals surface area contributed by atoms with Crippen molar-refractivity contribution >= 4 is 23.3 Å². The van der Waals surface area contributed by atoms with Crippen LogP contribution < -0.4 is 10.6 Å². The molecule has 3 rings (SSSR count). The molecule has 0 bridgehead atoms. The van der Waals surface area contributed by atoms with Crippen LogP contribution in [0.5, 0.6) is 0 Å². The second-order valence-electron chi connectivity index (χ2n) is 6.33. The number of methoxy groups -OCH3 is 1. The number of anilines is 2. The molecule has 0 atom stereocenters. The minimum absolute atomic E-state index is 0.208. The zero-order valence-electron chi connectivity index (χ0n) is 15.7. The van der Waals surface area contributed by atoms with E-state index < -0.39 is 5.97 Å². The summed E-state index contributed by atoms with van der Waals surface area (Å²) in [6.45, 7) is 2.46. The van der Waals surface area contributed by atoms with Gasteiger partial charge in [0.05, 0.1) is 30.1 Å². The summed E-state index contributed by atoms with van der Waals surface area (Å²) in [6.07, 6.45) is 3.13. The SMILES string of the molecule is COC(=O)c1cccc(Nc2cncc(C(=O)NCc3ccc(C)cc3)c2)c1. The second-order valence-corrected chi connectivity index (χ2v) is 6.33. The van der Waals surface area contributed by atoms with E-state index in [0.717, 1.165) is 5.56 Å². The smallest absolute Gasteiger partial charge is 0.337 e. The van der Waals surface area contributed by atoms with Gasteiger partial charge in [0, 0.05) is 18.4 Å². The molecule has 0 saturated heterocycles. The molecule has 0 aliphatic rings. The maximum Gasteiger partial charge on any atom is 0.337 e. The van der Waals surface area contributed by atoms with E-state index in [2.05, 4.69) is 15.6 Å². The monoisotopic (exact) mass is 375 g/mol. The van der Waals surface area contributed by atoms with Gasteiger partial charge in [-0.05, 0) is 36.8 Å². The summed E-state index contributed by atoms with van der Waals surface area (Å²) in [5, 5.41) is 6.04. The van der Waals surface area contributed by atoms with Crippen molar-refractivity contribution in [3.63, 3.8) is 0 Å². The molecule has 142 valence electrons. The lowest BCUT2D eigenvalue weighted by atomic mass is 10.1. The van der Waals surface area contributed by atoms with E-state index >= 15 is 0 Å². The van der Waals surface area contributed by atoms with E-state index in [1.165, 1.54) is 18.9 Å². The van der Waals surface area contributed by atoms with Gasteiger partial charge in [-0.2, -0.15) is 0 Å². The highest BCUT2D eigenvalue weighted by Crippen LogP contribution is 2.18. The predicted molar refractivity (Wildman–Crippen MR) is 108 cm³/mol. The molecular formula is C22H21N3O3. The molecule has 6 heteroatoms. The average Bonchev–Trinajstić information content (AvgIpc) is 2.73. The van der Waals surface area contributed by atoms with Crippen molar-refractivity contribution in [2.24, 2.45) is 0 Å². The van der Waals surface area contributed by atoms with Gasteiger partial charge < -0.3 is 15.4 Å². The Morgan fingerprint density at radius 3 is 2.46 bits per heavy atom. The molecule has 0 radical (unpaired) electrons. The lowest BCUT2D eigenvalue weighted by Gasteiger charge is -2.10. The summed E-state index contributed by atoms with van der Waals surface area (Å²) in [7, 11) is 1.34. The zero-order valence-corrected chi connectivity index (χ0v) is 15.7. The van der Waals surface area contributed by atoms with E-state index in [4.69, 9.17) is 4.74 Å². The maximum absolute atomic E-state index is 12.4. The summed E-state index contributed by atoms with van der Waals surface area (Å²) in [5.74, 6) is -0.619. The molecule has 1 aromatic heterocycles. The standard InChI is InChI=1S/C22H21N3O3/c1-15-6-8-16(9-7-15)12-24-21(26)18-11-20(14-23-13-18)25-19-5-3-4-17(10-19)22(27)28-2/h3-11,13-14,25H,12H2,1-2H3,(H,24,26). The molecule has 28 heavy (non-hydrogen) atoms. The first-order chi connectivity index (χ1) is 13.5. The summed E-state index contributed by atoms with van der Waals surface area (Å²) in [4.78, 5) is 28.2. The van der Waals surface area contributed by atoms with Crippen LogP contribution in [0.3, 0.4) is 0 Å². The summed E-state index contributed by atoms with van der Waals surface area (Å²) in [6, 6.07) is 16.6. The van der Waals surface area contributed by atoms with Crippen molar-refractivity contribution in [2.75, 3.05) is 12.4 Å². The van der Waals surface area contributed by atoms with Crippen molar-refractivity contribution in [3.05, 3.63) is 89.2 Å². The van der Waals surface area contributed by atoms with Gasteiger partial charge >= 0.3 is 5.97 Å². The van der Waals surface area contributed by atoms with Crippen LogP contribution in [0, 0.1) is 6.92 Å². The number of rotatable bonds is 6. The Kier molecular flexibility index (Phi) is 6.01. The fourth-order valence-corrected chi connectivity index (χ4v) is 2.63. The lowest BCUT2D eigenvalue weighted by molar-refractivity contribution is 0.0600. The van der Waals surface area contributed by atoms with Crippen LogP contribution in [0.4, 0.5) is 11.4 Å². The molecule has 1 heterocycles. The number of hydrogen-bond acceptors (Lipinski definition) is 5. The Hall–Kier alpha value is -3.67. The largest absolute Gasteiger partial charge is 0.465 e. The highest BCUT2D eigenvalue weighted by Gasteiger charge is 2.09. The van der Waals surface area contributed by atoms with Crippen LogP contribution in [0.1, 0.15) is 31.8 Å². The van der Waals surface area contributed by atoms with E-state index in [9.17, 15) is 9.59 Å². The van der Waals surface area contributed by atoms with Gasteiger partial charge in [-0.15, -0.1) is 0 Å². The summed E-state index contributed by atoms with van der Waals surface area (Å²) < 4.78 is 4.73. The number of benzene rings is 2. The Morgan fingerprint density at radius 1 is 0.964 bits per heavy atom. The quantitative estimate of drug-likeness (QED) is 0.640. The van der Waals surface area contributed by atoms with Crippen molar-refractivity contribution in [1.82, 2.24) is 10.3 Å². The first-order valence-corrected chi connectivity index (χ1v) is 8.79. The van der Waals surface area contributed by atoms with Crippen LogP contribution >= 0.6 is 0 Å². The topological polar surface area (TPSA) is 80.3 Å². The molecule has 0 fully saturated rings. The van der Waals surface area contributed by atoms with Gasteiger partial charge in [0.25, 0.3) is 5.91 Å². The Labute approximate surface area is 163 Å². The molecule has 2 N–H and O–H groups in total. The van der Waals surface area contributed by atoms with Gasteiger partial charge in [-0.3, -0.25) is 9.78 Å². The molecule has 1 amide bonds. The Morgan fingerprint density at radius 2 is 1.71 bits per heavy atom. The van der Waals surface area contributed by atoms with Crippen molar-refractivity contribution < 1.29 is 14.3 Å². The van der Waals surface area contributed by atoms with E-state index in [1.807, 2.05) is 37.3 Å². The minimum atomic E-state index is -0.411. The molecular weight excluding hydrogens is 354 g/mol. The number of esters is 1. The van der Waals surface area contributed by atoms with Crippen LogP contribution in [0.2, 0.25) is 0 Å². The third-order valence-electron chi connectivity index (χ3n) is 4.15. The number of carbonyl (C=O) groups excluding carboxylic acids is 2. The highest BCUT2D eigenvalue weighted by molar-refractivity contribution is 5.95. The predicted octanol–water partition coefficient (Wildman–Crippen LogP) is 3.85. The average molecular weight is 375 g/mol.